The topological polar surface area (TPSA) is 217 Å². The number of likely N-dealkylation sites (tertiary alicyclic amines) is 1. The maximum Gasteiger partial charge on any atom is 0.226 e. The second kappa shape index (κ2) is 47.5. The fraction of sp³-hybridized carbons (Fsp3) is 0.486. The summed E-state index contributed by atoms with van der Waals surface area (Å²) in [5.74, 6) is 5.07. The molecular formula is C111H151FN14O5. The molecule has 0 saturated carbocycles. The summed E-state index contributed by atoms with van der Waals surface area (Å²) < 4.78 is 13.9. The van der Waals surface area contributed by atoms with Gasteiger partial charge in [-0.3, -0.25) is 24.0 Å². The largest absolute Gasteiger partial charge is 0.378 e. The van der Waals surface area contributed by atoms with Crippen LogP contribution >= 0.6 is 0 Å². The first kappa shape index (κ1) is 101. The minimum absolute atomic E-state index is 0.0264. The lowest BCUT2D eigenvalue weighted by Gasteiger charge is -2.41. The molecule has 131 heavy (non-hydrogen) atoms. The zero-order valence-corrected chi connectivity index (χ0v) is 82.0. The molecule has 702 valence electrons. The van der Waals surface area contributed by atoms with Crippen molar-refractivity contribution in [3.05, 3.63) is 256 Å². The minimum Gasteiger partial charge on any atom is -0.378 e. The fourth-order valence-electron chi connectivity index (χ4n) is 19.5. The van der Waals surface area contributed by atoms with Crippen molar-refractivity contribution in [2.75, 3.05) is 71.9 Å². The molecule has 0 bridgehead atoms. The summed E-state index contributed by atoms with van der Waals surface area (Å²) in [7, 11) is 0. The van der Waals surface area contributed by atoms with Gasteiger partial charge in [0.15, 0.2) is 0 Å². The number of aromatic nitrogens is 2. The quantitative estimate of drug-likeness (QED) is 0.0332. The highest BCUT2D eigenvalue weighted by atomic mass is 19.1. The van der Waals surface area contributed by atoms with Crippen molar-refractivity contribution in [1.29, 1.82) is 0 Å². The normalized spacial score (nSPS) is 20.4. The minimum atomic E-state index is -0.274. The number of amides is 5. The van der Waals surface area contributed by atoms with Crippen molar-refractivity contribution in [1.82, 2.24) is 20.2 Å². The highest BCUT2D eigenvalue weighted by Crippen LogP contribution is 2.46. The molecule has 15 rings (SSSR count). The average Bonchev–Trinajstić information content (AvgIpc) is 0.774. The van der Waals surface area contributed by atoms with Crippen molar-refractivity contribution in [2.24, 2.45) is 11.7 Å². The number of anilines is 9. The predicted molar refractivity (Wildman–Crippen MR) is 542 cm³/mol. The summed E-state index contributed by atoms with van der Waals surface area (Å²) in [6.45, 7) is 46.4. The van der Waals surface area contributed by atoms with Crippen LogP contribution in [0, 0.1) is 11.7 Å². The maximum absolute atomic E-state index is 13.9. The molecule has 1 fully saturated rings. The molecule has 5 amide bonds. The van der Waals surface area contributed by atoms with Gasteiger partial charge >= 0.3 is 0 Å². The number of benzene rings is 7. The first-order valence-corrected chi connectivity index (χ1v) is 49.0. The molecule has 20 heteroatoms. The summed E-state index contributed by atoms with van der Waals surface area (Å²) in [4.78, 5) is 83.8. The SMILES string of the molecule is CCC(=O)N1c2cc(CCCN)ccc2C(Nc2ccc(C(C)C)cc2)CC1C.CCC(=O)N1c2ccc(F)cc2C(Nc2ccc(C(C)C)cc2)CC1C.CCC(=O)N1c2ccccc2C(NCC2CCN(C(C)C)CC2)CC1C.CCC(=O)N1c2ccccc2C(Nc2ccc(C(C)C)cn2)CC1C.CCC(=O)N1c2ccccc2[C@H](Nc2ccc(C(C)C)cn2)C[C@@H]1C. The summed E-state index contributed by atoms with van der Waals surface area (Å²) in [5, 5.41) is 18.2. The number of aryl methyl sites for hydroxylation is 1. The zero-order chi connectivity index (χ0) is 94.4. The Hall–Kier alpha value is -10.8. The van der Waals surface area contributed by atoms with E-state index in [9.17, 15) is 28.4 Å². The smallest absolute Gasteiger partial charge is 0.226 e. The lowest BCUT2D eigenvalue weighted by Crippen LogP contribution is -2.46. The number of nitrogens with zero attached hydrogens (tertiary/aromatic N) is 8. The lowest BCUT2D eigenvalue weighted by atomic mass is 9.89. The van der Waals surface area contributed by atoms with Crippen LogP contribution in [0.1, 0.15) is 331 Å². The molecular weight excluding hydrogens is 1630 g/mol. The van der Waals surface area contributed by atoms with Crippen LogP contribution in [0.15, 0.2) is 194 Å². The summed E-state index contributed by atoms with van der Waals surface area (Å²) in [6.07, 6.45) is 15.3. The third kappa shape index (κ3) is 25.5. The first-order valence-electron chi connectivity index (χ1n) is 49.0. The highest BCUT2D eigenvalue weighted by Gasteiger charge is 2.40. The van der Waals surface area contributed by atoms with Crippen LogP contribution in [0.5, 0.6) is 0 Å². The number of nitrogens with two attached hydrogens (primary N) is 1. The number of fused-ring (bicyclic) bond motifs is 5. The van der Waals surface area contributed by atoms with Gasteiger partial charge in [-0.1, -0.05) is 193 Å². The zero-order valence-electron chi connectivity index (χ0n) is 82.0. The highest BCUT2D eigenvalue weighted by molar-refractivity contribution is 5.98. The number of carbonyl (C=O) groups is 5. The summed E-state index contributed by atoms with van der Waals surface area (Å²) in [5.41, 5.74) is 24.9. The standard InChI is InChI=1S/C25H35N3O.C22H27FN2O.C22H35N3O.2C21H27N3O/c1-5-25(29)28-18(4)15-23(27-21-11-9-20(10-12-21)17(2)3)22-13-8-19(7-6-14-26)16-24(22)28;1-5-22(26)25-15(4)12-20(19-13-17(23)8-11-21(19)25)24-18-9-6-16(7-10-18)14(2)3;1-5-22(26)25-17(4)14-20(19-8-6-7-9-21(19)25)23-15-18-10-12-24(13-11-18)16(2)3;2*1-5-21(25)24-15(4)12-18(17-8-6-7-9-19(17)24)23-20-11-10-16(13-22-20)14(2)3/h8-13,16-18,23,27H,5-7,14-15,26H2,1-4H3;6-11,13-15,20,24H,5,12H2,1-4H3;6-9,16-18,20,23H,5,10-15H2,1-4H3;2*6-11,13-15,18H,5,12H2,1-4H3,(H,22,23)/t;;;15-,18+;/m...0./s1. The first-order chi connectivity index (χ1) is 62.9. The molecule has 6 aliphatic heterocycles. The Labute approximate surface area is 782 Å². The molecule has 7 aromatic carbocycles. The maximum atomic E-state index is 13.9. The Morgan fingerprint density at radius 3 is 1.08 bits per heavy atom. The molecule has 7 N–H and O–H groups in total. The Balaban J connectivity index is 0.000000158. The fourth-order valence-corrected chi connectivity index (χ4v) is 19.5. The lowest BCUT2D eigenvalue weighted by molar-refractivity contribution is -0.119. The van der Waals surface area contributed by atoms with Gasteiger partial charge in [0.25, 0.3) is 0 Å². The van der Waals surface area contributed by atoms with Crippen molar-refractivity contribution in [3.63, 3.8) is 0 Å². The Kier molecular flexibility index (Phi) is 36.5. The van der Waals surface area contributed by atoms with Crippen LogP contribution in [0.4, 0.5) is 55.8 Å². The molecule has 0 spiro atoms. The number of para-hydroxylation sites is 3. The van der Waals surface area contributed by atoms with E-state index in [4.69, 9.17) is 5.73 Å². The molecule has 0 radical (unpaired) electrons. The van der Waals surface area contributed by atoms with E-state index >= 15 is 0 Å². The Morgan fingerprint density at radius 2 is 0.718 bits per heavy atom. The van der Waals surface area contributed by atoms with E-state index in [0.29, 0.717) is 74.4 Å². The molecule has 19 nitrogen and oxygen atoms in total. The van der Waals surface area contributed by atoms with Crippen molar-refractivity contribution in [2.45, 2.75) is 318 Å². The van der Waals surface area contributed by atoms with Crippen molar-refractivity contribution < 1.29 is 28.4 Å². The Bertz CT molecular complexity index is 5060. The second-order valence-electron chi connectivity index (χ2n) is 38.3. The van der Waals surface area contributed by atoms with Crippen LogP contribution in [-0.4, -0.2) is 107 Å². The van der Waals surface area contributed by atoms with Gasteiger partial charge in [0, 0.05) is 132 Å². The molecule has 9 aromatic rings. The molecule has 8 unspecified atom stereocenters. The predicted octanol–water partition coefficient (Wildman–Crippen LogP) is 24.8. The van der Waals surface area contributed by atoms with Gasteiger partial charge in [-0.25, -0.2) is 14.4 Å². The molecule has 10 atom stereocenters. The van der Waals surface area contributed by atoms with E-state index in [0.717, 1.165) is 126 Å². The number of hydrogen-bond donors (Lipinski definition) is 6. The van der Waals surface area contributed by atoms with Crippen molar-refractivity contribution in [3.8, 4) is 0 Å². The van der Waals surface area contributed by atoms with Crippen LogP contribution < -0.4 is 56.8 Å². The van der Waals surface area contributed by atoms with Gasteiger partial charge in [0.2, 0.25) is 29.5 Å². The third-order valence-electron chi connectivity index (χ3n) is 27.1. The van der Waals surface area contributed by atoms with Crippen LogP contribution in [-0.2, 0) is 30.4 Å². The summed E-state index contributed by atoms with van der Waals surface area (Å²) in [6, 6.07) is 63.9. The Morgan fingerprint density at radius 1 is 0.382 bits per heavy atom. The number of pyridine rings is 2. The molecule has 2 aromatic heterocycles. The monoisotopic (exact) mass is 1780 g/mol. The molecule has 8 heterocycles. The van der Waals surface area contributed by atoms with E-state index in [1.807, 2.05) is 126 Å². The van der Waals surface area contributed by atoms with E-state index in [2.05, 4.69) is 255 Å². The van der Waals surface area contributed by atoms with Gasteiger partial charge in [0.1, 0.15) is 17.5 Å². The van der Waals surface area contributed by atoms with Gasteiger partial charge in [-0.15, -0.1) is 0 Å². The van der Waals surface area contributed by atoms with Crippen LogP contribution in [0.3, 0.4) is 0 Å². The van der Waals surface area contributed by atoms with Gasteiger partial charge < -0.3 is 61.7 Å². The summed E-state index contributed by atoms with van der Waals surface area (Å²) >= 11 is 0. The van der Waals surface area contributed by atoms with E-state index < -0.39 is 0 Å². The van der Waals surface area contributed by atoms with Gasteiger partial charge in [0.05, 0.1) is 24.2 Å². The van der Waals surface area contributed by atoms with Crippen LogP contribution in [0.25, 0.3) is 0 Å². The van der Waals surface area contributed by atoms with Crippen molar-refractivity contribution >= 4 is 81.0 Å². The van der Waals surface area contributed by atoms with E-state index in [1.54, 1.807) is 12.1 Å². The third-order valence-corrected chi connectivity index (χ3v) is 27.1. The van der Waals surface area contributed by atoms with E-state index in [1.165, 1.54) is 70.9 Å². The molecule has 6 aliphatic rings. The number of carbonyl (C=O) groups excluding carboxylic acids is 5. The van der Waals surface area contributed by atoms with Gasteiger partial charge in [-0.2, -0.15) is 0 Å². The number of halogens is 1. The number of hydrogen-bond acceptors (Lipinski definition) is 14. The molecule has 0 aliphatic carbocycles. The van der Waals surface area contributed by atoms with Gasteiger partial charge in [-0.05, 0) is 291 Å². The number of nitrogens with one attached hydrogen (secondary N) is 5. The number of piperidine rings is 1. The average molecular weight is 1780 g/mol. The van der Waals surface area contributed by atoms with Crippen LogP contribution in [0.2, 0.25) is 0 Å². The molecule has 1 saturated heterocycles. The number of rotatable bonds is 24. The van der Waals surface area contributed by atoms with E-state index in [-0.39, 0.29) is 89.7 Å². The second-order valence-corrected chi connectivity index (χ2v) is 38.3.